The first-order chi connectivity index (χ1) is 8.52. The van der Waals surface area contributed by atoms with Gasteiger partial charge in [-0.25, -0.2) is 4.98 Å². The van der Waals surface area contributed by atoms with Crippen LogP contribution in [-0.4, -0.2) is 4.98 Å². The highest BCUT2D eigenvalue weighted by molar-refractivity contribution is 5.67. The van der Waals surface area contributed by atoms with Crippen molar-refractivity contribution in [2.24, 2.45) is 0 Å². The van der Waals surface area contributed by atoms with E-state index in [0.717, 1.165) is 6.20 Å². The molecule has 0 saturated heterocycles. The molecule has 2 nitrogen and oxygen atoms in total. The maximum atomic E-state index is 12.8. The maximum Gasteiger partial charge on any atom is 0.433 e. The summed E-state index contributed by atoms with van der Waals surface area (Å²) in [5.41, 5.74) is -0.578. The first kappa shape index (κ1) is 12.1. The Morgan fingerprint density at radius 2 is 1.78 bits per heavy atom. The highest BCUT2D eigenvalue weighted by atomic mass is 19.4. The molecule has 5 heteroatoms. The lowest BCUT2D eigenvalue weighted by molar-refractivity contribution is -0.140. The van der Waals surface area contributed by atoms with E-state index < -0.39 is 11.9 Å². The van der Waals surface area contributed by atoms with Crippen LogP contribution < -0.4 is 0 Å². The van der Waals surface area contributed by atoms with Crippen LogP contribution in [0.15, 0.2) is 42.6 Å². The van der Waals surface area contributed by atoms with Crippen molar-refractivity contribution in [1.82, 2.24) is 4.98 Å². The quantitative estimate of drug-likeness (QED) is 0.772. The van der Waals surface area contributed by atoms with Crippen molar-refractivity contribution < 1.29 is 13.2 Å². The lowest BCUT2D eigenvalue weighted by Gasteiger charge is -2.11. The number of alkyl halides is 3. The van der Waals surface area contributed by atoms with Gasteiger partial charge in [0.15, 0.2) is 5.69 Å². The van der Waals surface area contributed by atoms with E-state index in [2.05, 4.69) is 4.98 Å². The Balaban J connectivity index is 2.67. The minimum absolute atomic E-state index is 0.0813. The maximum absolute atomic E-state index is 12.8. The van der Waals surface area contributed by atoms with Crippen LogP contribution in [0.5, 0.6) is 0 Å². The fourth-order valence-electron chi connectivity index (χ4n) is 1.59. The number of halogens is 3. The summed E-state index contributed by atoms with van der Waals surface area (Å²) in [6.07, 6.45) is -3.62. The van der Waals surface area contributed by atoms with E-state index in [-0.39, 0.29) is 11.1 Å². The van der Waals surface area contributed by atoms with Gasteiger partial charge in [0.1, 0.15) is 6.07 Å². The zero-order valence-electron chi connectivity index (χ0n) is 9.07. The van der Waals surface area contributed by atoms with Gasteiger partial charge in [-0.15, -0.1) is 0 Å². The van der Waals surface area contributed by atoms with Crippen molar-refractivity contribution in [2.75, 3.05) is 0 Å². The summed E-state index contributed by atoms with van der Waals surface area (Å²) >= 11 is 0. The zero-order valence-corrected chi connectivity index (χ0v) is 9.07. The van der Waals surface area contributed by atoms with Crippen LogP contribution >= 0.6 is 0 Å². The number of hydrogen-bond acceptors (Lipinski definition) is 2. The van der Waals surface area contributed by atoms with Gasteiger partial charge in [-0.05, 0) is 11.6 Å². The van der Waals surface area contributed by atoms with Crippen LogP contribution in [0.2, 0.25) is 0 Å². The summed E-state index contributed by atoms with van der Waals surface area (Å²) in [7, 11) is 0. The van der Waals surface area contributed by atoms with Crippen molar-refractivity contribution in [3.8, 4) is 17.2 Å². The number of benzene rings is 1. The van der Waals surface area contributed by atoms with Gasteiger partial charge in [0.2, 0.25) is 0 Å². The molecule has 0 spiro atoms. The van der Waals surface area contributed by atoms with Gasteiger partial charge < -0.3 is 0 Å². The van der Waals surface area contributed by atoms with Gasteiger partial charge >= 0.3 is 6.18 Å². The molecule has 1 aromatic heterocycles. The lowest BCUT2D eigenvalue weighted by atomic mass is 10.0. The predicted octanol–water partition coefficient (Wildman–Crippen LogP) is 3.64. The Morgan fingerprint density at radius 3 is 2.33 bits per heavy atom. The van der Waals surface area contributed by atoms with E-state index in [1.165, 1.54) is 6.07 Å². The van der Waals surface area contributed by atoms with Gasteiger partial charge in [-0.2, -0.15) is 18.4 Å². The van der Waals surface area contributed by atoms with Gasteiger partial charge in [-0.3, -0.25) is 0 Å². The summed E-state index contributed by atoms with van der Waals surface area (Å²) < 4.78 is 38.5. The van der Waals surface area contributed by atoms with E-state index in [9.17, 15) is 13.2 Å². The third-order valence-corrected chi connectivity index (χ3v) is 2.37. The van der Waals surface area contributed by atoms with Crippen LogP contribution in [-0.2, 0) is 6.18 Å². The highest BCUT2D eigenvalue weighted by Gasteiger charge is 2.35. The molecular weight excluding hydrogens is 241 g/mol. The number of nitrogens with zero attached hydrogens (tertiary/aromatic N) is 2. The van der Waals surface area contributed by atoms with Gasteiger partial charge in [0.05, 0.1) is 5.56 Å². The molecule has 2 aromatic rings. The molecule has 0 radical (unpaired) electrons. The van der Waals surface area contributed by atoms with Crippen molar-refractivity contribution >= 4 is 0 Å². The topological polar surface area (TPSA) is 36.7 Å². The lowest BCUT2D eigenvalue weighted by Crippen LogP contribution is -2.10. The van der Waals surface area contributed by atoms with Crippen molar-refractivity contribution in [1.29, 1.82) is 5.26 Å². The first-order valence-corrected chi connectivity index (χ1v) is 5.05. The van der Waals surface area contributed by atoms with Crippen LogP contribution in [0, 0.1) is 11.3 Å². The molecule has 0 saturated carbocycles. The summed E-state index contributed by atoms with van der Waals surface area (Å²) in [6.45, 7) is 0. The van der Waals surface area contributed by atoms with Crippen LogP contribution in [0.4, 0.5) is 13.2 Å². The number of aromatic nitrogens is 1. The van der Waals surface area contributed by atoms with Crippen LogP contribution in [0.3, 0.4) is 0 Å². The molecule has 0 bridgehead atoms. The van der Waals surface area contributed by atoms with Crippen molar-refractivity contribution in [3.05, 3.63) is 53.9 Å². The summed E-state index contributed by atoms with van der Waals surface area (Å²) in [4.78, 5) is 3.35. The second-order valence-electron chi connectivity index (χ2n) is 3.60. The minimum atomic E-state index is -4.54. The minimum Gasteiger partial charge on any atom is -0.250 e. The number of hydrogen-bond donors (Lipinski definition) is 0. The normalized spacial score (nSPS) is 11.0. The van der Waals surface area contributed by atoms with Gasteiger partial charge in [0, 0.05) is 11.8 Å². The molecule has 0 aliphatic rings. The Kier molecular flexibility index (Phi) is 3.02. The van der Waals surface area contributed by atoms with E-state index in [0.29, 0.717) is 5.56 Å². The van der Waals surface area contributed by atoms with Gasteiger partial charge in [-0.1, -0.05) is 30.3 Å². The second kappa shape index (κ2) is 4.49. The Labute approximate surface area is 101 Å². The van der Waals surface area contributed by atoms with E-state index >= 15 is 0 Å². The molecule has 90 valence electrons. The van der Waals surface area contributed by atoms with Crippen LogP contribution in [0.25, 0.3) is 11.1 Å². The summed E-state index contributed by atoms with van der Waals surface area (Å²) in [5, 5.41) is 8.73. The molecule has 18 heavy (non-hydrogen) atoms. The molecule has 1 heterocycles. The summed E-state index contributed by atoms with van der Waals surface area (Å²) in [5.74, 6) is 0. The SMILES string of the molecule is N#Cc1cnc(C(F)(F)F)c(-c2ccccc2)c1. The Hall–Kier alpha value is -2.35. The molecule has 2 rings (SSSR count). The molecular formula is C13H7F3N2. The smallest absolute Gasteiger partial charge is 0.250 e. The molecule has 0 amide bonds. The molecule has 0 fully saturated rings. The summed E-state index contributed by atoms with van der Waals surface area (Å²) in [6, 6.07) is 11.1. The molecule has 0 aliphatic heterocycles. The van der Waals surface area contributed by atoms with E-state index in [1.807, 2.05) is 0 Å². The monoisotopic (exact) mass is 248 g/mol. The fourth-order valence-corrected chi connectivity index (χ4v) is 1.59. The predicted molar refractivity (Wildman–Crippen MR) is 59.4 cm³/mol. The van der Waals surface area contributed by atoms with Crippen molar-refractivity contribution in [3.63, 3.8) is 0 Å². The van der Waals surface area contributed by atoms with Gasteiger partial charge in [0.25, 0.3) is 0 Å². The molecule has 0 atom stereocenters. The number of nitriles is 1. The Morgan fingerprint density at radius 1 is 1.11 bits per heavy atom. The second-order valence-corrected chi connectivity index (χ2v) is 3.60. The molecule has 0 N–H and O–H groups in total. The average Bonchev–Trinajstić information content (AvgIpc) is 2.38. The number of rotatable bonds is 1. The van der Waals surface area contributed by atoms with E-state index in [4.69, 9.17) is 5.26 Å². The van der Waals surface area contributed by atoms with E-state index in [1.54, 1.807) is 36.4 Å². The third kappa shape index (κ3) is 2.33. The average molecular weight is 248 g/mol. The van der Waals surface area contributed by atoms with Crippen LogP contribution in [0.1, 0.15) is 11.3 Å². The highest BCUT2D eigenvalue weighted by Crippen LogP contribution is 2.35. The largest absolute Gasteiger partial charge is 0.433 e. The first-order valence-electron chi connectivity index (χ1n) is 5.05. The Bertz CT molecular complexity index is 598. The zero-order chi connectivity index (χ0) is 13.2. The molecule has 0 unspecified atom stereocenters. The fraction of sp³-hybridized carbons (Fsp3) is 0.0769. The van der Waals surface area contributed by atoms with Crippen molar-refractivity contribution in [2.45, 2.75) is 6.18 Å². The standard InChI is InChI=1S/C13H7F3N2/c14-13(15,16)12-11(6-9(7-17)8-18-12)10-4-2-1-3-5-10/h1-6,8H. The molecule has 0 aliphatic carbocycles. The third-order valence-electron chi connectivity index (χ3n) is 2.37. The number of pyridine rings is 1. The molecule has 1 aromatic carbocycles.